The summed E-state index contributed by atoms with van der Waals surface area (Å²) in [6.07, 6.45) is 0.608. The lowest BCUT2D eigenvalue weighted by atomic mass is 10.2. The third-order valence-electron chi connectivity index (χ3n) is 2.26. The molecule has 1 aromatic carbocycles. The first-order chi connectivity index (χ1) is 8.19. The van der Waals surface area contributed by atoms with Crippen LogP contribution in [0.25, 0.3) is 0 Å². The van der Waals surface area contributed by atoms with E-state index in [1.54, 1.807) is 18.2 Å². The highest BCUT2D eigenvalue weighted by atomic mass is 19.1. The van der Waals surface area contributed by atoms with Crippen molar-refractivity contribution in [2.45, 2.75) is 13.5 Å². The van der Waals surface area contributed by atoms with Gasteiger partial charge >= 0.3 is 0 Å². The fourth-order valence-electron chi connectivity index (χ4n) is 1.41. The van der Waals surface area contributed by atoms with Crippen molar-refractivity contribution in [3.05, 3.63) is 53.2 Å². The monoisotopic (exact) mass is 234 g/mol. The Balaban J connectivity index is 2.06. The smallest absolute Gasteiger partial charge is 0.185 e. The summed E-state index contributed by atoms with van der Waals surface area (Å²) in [6.45, 7) is 1.94. The van der Waals surface area contributed by atoms with Crippen LogP contribution in [0.3, 0.4) is 0 Å². The number of halogens is 1. The zero-order chi connectivity index (χ0) is 12.3. The summed E-state index contributed by atoms with van der Waals surface area (Å²) in [5.41, 5.74) is 0.912. The van der Waals surface area contributed by atoms with Crippen molar-refractivity contribution in [1.29, 1.82) is 0 Å². The Morgan fingerprint density at radius 3 is 2.88 bits per heavy atom. The summed E-state index contributed by atoms with van der Waals surface area (Å²) < 4.78 is 23.7. The normalized spacial score (nSPS) is 10.2. The number of carbonyl (C=O) groups is 1. The van der Waals surface area contributed by atoms with Crippen LogP contribution in [0.2, 0.25) is 0 Å². The van der Waals surface area contributed by atoms with Crippen molar-refractivity contribution < 1.29 is 18.3 Å². The van der Waals surface area contributed by atoms with E-state index < -0.39 is 5.82 Å². The largest absolute Gasteiger partial charge is 0.483 e. The van der Waals surface area contributed by atoms with Crippen LogP contribution in [0.5, 0.6) is 5.75 Å². The van der Waals surface area contributed by atoms with Gasteiger partial charge in [-0.1, -0.05) is 6.07 Å². The molecule has 0 aliphatic carbocycles. The lowest BCUT2D eigenvalue weighted by Gasteiger charge is -2.06. The third-order valence-corrected chi connectivity index (χ3v) is 2.26. The Morgan fingerprint density at radius 2 is 2.18 bits per heavy atom. The van der Waals surface area contributed by atoms with Crippen molar-refractivity contribution in [1.82, 2.24) is 0 Å². The van der Waals surface area contributed by atoms with E-state index in [0.717, 1.165) is 5.56 Å². The maximum atomic E-state index is 13.3. The Bertz CT molecular complexity index is 531. The van der Waals surface area contributed by atoms with Crippen molar-refractivity contribution in [3.8, 4) is 5.75 Å². The summed E-state index contributed by atoms with van der Waals surface area (Å²) in [7, 11) is 0. The number of ether oxygens (including phenoxy) is 1. The molecule has 1 heterocycles. The average molecular weight is 234 g/mol. The molecule has 0 spiro atoms. The molecule has 2 aromatic rings. The minimum atomic E-state index is -0.419. The molecule has 0 N–H and O–H groups in total. The van der Waals surface area contributed by atoms with Gasteiger partial charge in [-0.3, -0.25) is 4.79 Å². The van der Waals surface area contributed by atoms with Gasteiger partial charge < -0.3 is 9.15 Å². The van der Waals surface area contributed by atoms with E-state index in [9.17, 15) is 9.18 Å². The quantitative estimate of drug-likeness (QED) is 0.763. The van der Waals surface area contributed by atoms with E-state index in [-0.39, 0.29) is 18.1 Å². The van der Waals surface area contributed by atoms with Crippen LogP contribution in [0.15, 0.2) is 34.7 Å². The molecule has 3 nitrogen and oxygen atoms in total. The molecule has 4 heteroatoms. The SMILES string of the molecule is Cc1ccc(F)c(OCc2ccc(C=O)o2)c1. The Morgan fingerprint density at radius 1 is 1.35 bits per heavy atom. The summed E-state index contributed by atoms with van der Waals surface area (Å²) >= 11 is 0. The first kappa shape index (κ1) is 11.4. The van der Waals surface area contributed by atoms with Crippen LogP contribution in [0, 0.1) is 12.7 Å². The Kier molecular flexibility index (Phi) is 3.23. The number of hydrogen-bond acceptors (Lipinski definition) is 3. The number of furan rings is 1. The predicted molar refractivity (Wildman–Crippen MR) is 59.6 cm³/mol. The van der Waals surface area contributed by atoms with Crippen molar-refractivity contribution in [2.75, 3.05) is 0 Å². The maximum absolute atomic E-state index is 13.3. The first-order valence-electron chi connectivity index (χ1n) is 5.12. The highest BCUT2D eigenvalue weighted by Gasteiger charge is 2.06. The maximum Gasteiger partial charge on any atom is 0.185 e. The lowest BCUT2D eigenvalue weighted by Crippen LogP contribution is -1.96. The van der Waals surface area contributed by atoms with E-state index in [4.69, 9.17) is 9.15 Å². The summed E-state index contributed by atoms with van der Waals surface area (Å²) in [6, 6.07) is 7.79. The van der Waals surface area contributed by atoms with Gasteiger partial charge in [-0.05, 0) is 36.8 Å². The molecule has 1 aromatic heterocycles. The number of carbonyl (C=O) groups excluding carboxylic acids is 1. The molecular formula is C13H11FO3. The third kappa shape index (κ3) is 2.72. The predicted octanol–water partition coefficient (Wildman–Crippen LogP) is 3.12. The first-order valence-corrected chi connectivity index (χ1v) is 5.12. The number of benzene rings is 1. The highest BCUT2D eigenvalue weighted by Crippen LogP contribution is 2.20. The van der Waals surface area contributed by atoms with Crippen LogP contribution in [0.4, 0.5) is 4.39 Å². The van der Waals surface area contributed by atoms with Crippen LogP contribution in [0.1, 0.15) is 21.9 Å². The van der Waals surface area contributed by atoms with Crippen molar-refractivity contribution >= 4 is 6.29 Å². The second-order valence-electron chi connectivity index (χ2n) is 3.64. The van der Waals surface area contributed by atoms with Gasteiger partial charge in [0.25, 0.3) is 0 Å². The van der Waals surface area contributed by atoms with Gasteiger partial charge in [0, 0.05) is 0 Å². The standard InChI is InChI=1S/C13H11FO3/c1-9-2-5-12(14)13(6-9)16-8-11-4-3-10(7-15)17-11/h2-7H,8H2,1H3. The van der Waals surface area contributed by atoms with Gasteiger partial charge in [-0.25, -0.2) is 4.39 Å². The van der Waals surface area contributed by atoms with Gasteiger partial charge in [0.2, 0.25) is 0 Å². The molecule has 0 unspecified atom stereocenters. The molecule has 0 saturated heterocycles. The van der Waals surface area contributed by atoms with E-state index in [0.29, 0.717) is 12.0 Å². The van der Waals surface area contributed by atoms with Gasteiger partial charge in [0.15, 0.2) is 23.6 Å². The van der Waals surface area contributed by atoms with Crippen LogP contribution >= 0.6 is 0 Å². The molecule has 0 amide bonds. The molecule has 0 fully saturated rings. The Labute approximate surface area is 97.8 Å². The molecular weight excluding hydrogens is 223 g/mol. The zero-order valence-corrected chi connectivity index (χ0v) is 9.27. The van der Waals surface area contributed by atoms with E-state index in [2.05, 4.69) is 0 Å². The summed E-state index contributed by atoms with van der Waals surface area (Å²) in [5, 5.41) is 0. The summed E-state index contributed by atoms with van der Waals surface area (Å²) in [4.78, 5) is 10.4. The fraction of sp³-hybridized carbons (Fsp3) is 0.154. The molecule has 0 atom stereocenters. The van der Waals surface area contributed by atoms with E-state index in [1.807, 2.05) is 6.92 Å². The number of aldehydes is 1. The van der Waals surface area contributed by atoms with Gasteiger partial charge in [-0.15, -0.1) is 0 Å². The van der Waals surface area contributed by atoms with E-state index in [1.165, 1.54) is 12.1 Å². The van der Waals surface area contributed by atoms with Crippen molar-refractivity contribution in [2.24, 2.45) is 0 Å². The second kappa shape index (κ2) is 4.82. The molecule has 0 aliphatic heterocycles. The minimum Gasteiger partial charge on any atom is -0.483 e. The number of aryl methyl sites for hydroxylation is 1. The van der Waals surface area contributed by atoms with Gasteiger partial charge in [-0.2, -0.15) is 0 Å². The Hall–Kier alpha value is -2.10. The molecule has 17 heavy (non-hydrogen) atoms. The summed E-state index contributed by atoms with van der Waals surface area (Å²) in [5.74, 6) is 0.466. The molecule has 88 valence electrons. The highest BCUT2D eigenvalue weighted by molar-refractivity contribution is 5.70. The van der Waals surface area contributed by atoms with Crippen LogP contribution in [-0.2, 0) is 6.61 Å². The van der Waals surface area contributed by atoms with Crippen molar-refractivity contribution in [3.63, 3.8) is 0 Å². The number of hydrogen-bond donors (Lipinski definition) is 0. The fourth-order valence-corrected chi connectivity index (χ4v) is 1.41. The second-order valence-corrected chi connectivity index (χ2v) is 3.64. The van der Waals surface area contributed by atoms with Gasteiger partial charge in [0.05, 0.1) is 0 Å². The van der Waals surface area contributed by atoms with E-state index >= 15 is 0 Å². The average Bonchev–Trinajstić information content (AvgIpc) is 2.78. The van der Waals surface area contributed by atoms with Crippen LogP contribution < -0.4 is 4.74 Å². The number of rotatable bonds is 4. The van der Waals surface area contributed by atoms with Gasteiger partial charge in [0.1, 0.15) is 12.4 Å². The molecule has 0 bridgehead atoms. The molecule has 0 aliphatic rings. The molecule has 0 saturated carbocycles. The zero-order valence-electron chi connectivity index (χ0n) is 9.27. The van der Waals surface area contributed by atoms with Crippen LogP contribution in [-0.4, -0.2) is 6.29 Å². The topological polar surface area (TPSA) is 39.4 Å². The molecule has 2 rings (SSSR count). The molecule has 0 radical (unpaired) electrons. The minimum absolute atomic E-state index is 0.0915. The lowest BCUT2D eigenvalue weighted by molar-refractivity contribution is 0.109.